The Balaban J connectivity index is 1.94. The third-order valence-corrected chi connectivity index (χ3v) is 3.22. The number of furan rings is 1. The molecule has 4 nitrogen and oxygen atoms in total. The van der Waals surface area contributed by atoms with Gasteiger partial charge < -0.3 is 14.3 Å². The third-order valence-electron chi connectivity index (χ3n) is 3.22. The van der Waals surface area contributed by atoms with Crippen LogP contribution in [-0.4, -0.2) is 36.3 Å². The number of nitrogens with zero attached hydrogens (tertiary/aromatic N) is 1. The molecule has 1 aromatic heterocycles. The minimum Gasteiger partial charge on any atom is -0.494 e. The maximum Gasteiger partial charge on any atom is 0.126 e. The molecule has 1 N–H and O–H groups in total. The minimum absolute atomic E-state index is 0.139. The van der Waals surface area contributed by atoms with Crippen molar-refractivity contribution >= 4 is 6.08 Å². The SMILES string of the molecule is CCOc1cccc(CN(C/C=C/c2ccco2)CCO)c1. The molecule has 0 radical (unpaired) electrons. The van der Waals surface area contributed by atoms with Gasteiger partial charge in [0.05, 0.1) is 19.5 Å². The van der Waals surface area contributed by atoms with Crippen molar-refractivity contribution < 1.29 is 14.3 Å². The molecule has 0 saturated heterocycles. The molecule has 0 aliphatic rings. The van der Waals surface area contributed by atoms with E-state index in [2.05, 4.69) is 11.0 Å². The monoisotopic (exact) mass is 301 g/mol. The van der Waals surface area contributed by atoms with Crippen LogP contribution in [0.3, 0.4) is 0 Å². The Hall–Kier alpha value is -2.04. The van der Waals surface area contributed by atoms with E-state index in [1.807, 2.05) is 49.4 Å². The Bertz CT molecular complexity index is 563. The Labute approximate surface area is 131 Å². The number of hydrogen-bond acceptors (Lipinski definition) is 4. The van der Waals surface area contributed by atoms with Gasteiger partial charge in [-0.05, 0) is 42.8 Å². The van der Waals surface area contributed by atoms with E-state index in [4.69, 9.17) is 9.15 Å². The first kappa shape index (κ1) is 16.3. The smallest absolute Gasteiger partial charge is 0.126 e. The first-order valence-electron chi connectivity index (χ1n) is 7.57. The number of ether oxygens (including phenoxy) is 1. The summed E-state index contributed by atoms with van der Waals surface area (Å²) < 4.78 is 10.8. The van der Waals surface area contributed by atoms with Crippen molar-refractivity contribution in [2.45, 2.75) is 13.5 Å². The summed E-state index contributed by atoms with van der Waals surface area (Å²) in [6.45, 7) is 4.92. The summed E-state index contributed by atoms with van der Waals surface area (Å²) in [7, 11) is 0. The number of rotatable bonds is 9. The van der Waals surface area contributed by atoms with Crippen LogP contribution in [0, 0.1) is 0 Å². The Morgan fingerprint density at radius 1 is 1.27 bits per heavy atom. The molecule has 1 aromatic carbocycles. The molecule has 2 rings (SSSR count). The van der Waals surface area contributed by atoms with Gasteiger partial charge in [-0.3, -0.25) is 4.90 Å². The van der Waals surface area contributed by atoms with Crippen LogP contribution in [-0.2, 0) is 6.54 Å². The molecule has 4 heteroatoms. The fourth-order valence-electron chi connectivity index (χ4n) is 2.24. The highest BCUT2D eigenvalue weighted by Crippen LogP contribution is 2.15. The van der Waals surface area contributed by atoms with Gasteiger partial charge in [0.25, 0.3) is 0 Å². The molecular weight excluding hydrogens is 278 g/mol. The molecule has 118 valence electrons. The minimum atomic E-state index is 0.139. The van der Waals surface area contributed by atoms with E-state index >= 15 is 0 Å². The first-order chi connectivity index (χ1) is 10.8. The average molecular weight is 301 g/mol. The van der Waals surface area contributed by atoms with Gasteiger partial charge in [0.1, 0.15) is 11.5 Å². The Morgan fingerprint density at radius 3 is 2.91 bits per heavy atom. The molecule has 0 spiro atoms. The van der Waals surface area contributed by atoms with E-state index in [-0.39, 0.29) is 6.61 Å². The van der Waals surface area contributed by atoms with Crippen LogP contribution in [0.4, 0.5) is 0 Å². The second-order valence-corrected chi connectivity index (χ2v) is 4.96. The van der Waals surface area contributed by atoms with Crippen molar-refractivity contribution in [2.24, 2.45) is 0 Å². The Morgan fingerprint density at radius 2 is 2.18 bits per heavy atom. The molecule has 0 aliphatic heterocycles. The highest BCUT2D eigenvalue weighted by Gasteiger charge is 2.05. The Kier molecular flexibility index (Phi) is 6.74. The van der Waals surface area contributed by atoms with Gasteiger partial charge >= 0.3 is 0 Å². The van der Waals surface area contributed by atoms with E-state index in [0.29, 0.717) is 13.2 Å². The molecule has 0 atom stereocenters. The number of hydrogen-bond donors (Lipinski definition) is 1. The van der Waals surface area contributed by atoms with Crippen LogP contribution >= 0.6 is 0 Å². The standard InChI is InChI=1S/C18H23NO3/c1-2-21-18-7-3-6-16(14-18)15-19(11-12-20)10-4-8-17-9-5-13-22-17/h3-9,13-14,20H,2,10-12,15H2,1H3/b8-4+. The summed E-state index contributed by atoms with van der Waals surface area (Å²) in [5.74, 6) is 1.72. The van der Waals surface area contributed by atoms with Crippen LogP contribution in [0.15, 0.2) is 53.2 Å². The number of aliphatic hydroxyl groups excluding tert-OH is 1. The number of benzene rings is 1. The van der Waals surface area contributed by atoms with Gasteiger partial charge in [0.2, 0.25) is 0 Å². The van der Waals surface area contributed by atoms with E-state index in [0.717, 1.165) is 24.6 Å². The van der Waals surface area contributed by atoms with Crippen molar-refractivity contribution in [1.82, 2.24) is 4.90 Å². The first-order valence-corrected chi connectivity index (χ1v) is 7.57. The van der Waals surface area contributed by atoms with Crippen LogP contribution in [0.25, 0.3) is 6.08 Å². The van der Waals surface area contributed by atoms with Crippen LogP contribution in [0.1, 0.15) is 18.2 Å². The summed E-state index contributed by atoms with van der Waals surface area (Å²) in [6.07, 6.45) is 5.65. The zero-order valence-corrected chi connectivity index (χ0v) is 12.9. The fourth-order valence-corrected chi connectivity index (χ4v) is 2.24. The lowest BCUT2D eigenvalue weighted by atomic mass is 10.2. The fraction of sp³-hybridized carbons (Fsp3) is 0.333. The molecular formula is C18H23NO3. The lowest BCUT2D eigenvalue weighted by molar-refractivity contribution is 0.203. The third kappa shape index (κ3) is 5.39. The molecule has 0 aliphatic carbocycles. The molecule has 0 bridgehead atoms. The normalized spacial score (nSPS) is 11.4. The topological polar surface area (TPSA) is 45.8 Å². The van der Waals surface area contributed by atoms with Gasteiger partial charge in [-0.2, -0.15) is 0 Å². The van der Waals surface area contributed by atoms with Gasteiger partial charge in [0, 0.05) is 19.6 Å². The van der Waals surface area contributed by atoms with Crippen molar-refractivity contribution in [3.63, 3.8) is 0 Å². The van der Waals surface area contributed by atoms with E-state index in [9.17, 15) is 5.11 Å². The van der Waals surface area contributed by atoms with Gasteiger partial charge in [-0.15, -0.1) is 0 Å². The lowest BCUT2D eigenvalue weighted by Crippen LogP contribution is -2.26. The molecule has 0 saturated carbocycles. The maximum atomic E-state index is 9.23. The van der Waals surface area contributed by atoms with Gasteiger partial charge in [-0.25, -0.2) is 0 Å². The summed E-state index contributed by atoms with van der Waals surface area (Å²) in [4.78, 5) is 2.17. The van der Waals surface area contributed by atoms with Crippen LogP contribution < -0.4 is 4.74 Å². The predicted molar refractivity (Wildman–Crippen MR) is 87.7 cm³/mol. The highest BCUT2D eigenvalue weighted by molar-refractivity contribution is 5.42. The quantitative estimate of drug-likeness (QED) is 0.772. The van der Waals surface area contributed by atoms with Gasteiger partial charge in [0.15, 0.2) is 0 Å². The molecule has 0 unspecified atom stereocenters. The average Bonchev–Trinajstić information content (AvgIpc) is 3.01. The van der Waals surface area contributed by atoms with Crippen molar-refractivity contribution in [1.29, 1.82) is 0 Å². The molecule has 22 heavy (non-hydrogen) atoms. The van der Waals surface area contributed by atoms with Crippen molar-refractivity contribution in [2.75, 3.05) is 26.3 Å². The van der Waals surface area contributed by atoms with Crippen LogP contribution in [0.5, 0.6) is 5.75 Å². The second-order valence-electron chi connectivity index (χ2n) is 4.96. The zero-order valence-electron chi connectivity index (χ0n) is 12.9. The van der Waals surface area contributed by atoms with Crippen LogP contribution in [0.2, 0.25) is 0 Å². The molecule has 1 heterocycles. The second kappa shape index (κ2) is 9.07. The van der Waals surface area contributed by atoms with E-state index in [1.165, 1.54) is 5.56 Å². The summed E-state index contributed by atoms with van der Waals surface area (Å²) in [5.41, 5.74) is 1.17. The zero-order chi connectivity index (χ0) is 15.6. The molecule has 0 fully saturated rings. The summed E-state index contributed by atoms with van der Waals surface area (Å²) in [5, 5.41) is 9.23. The maximum absolute atomic E-state index is 9.23. The summed E-state index contributed by atoms with van der Waals surface area (Å²) >= 11 is 0. The molecule has 2 aromatic rings. The van der Waals surface area contributed by atoms with E-state index < -0.39 is 0 Å². The van der Waals surface area contributed by atoms with Gasteiger partial charge in [-0.1, -0.05) is 18.2 Å². The largest absolute Gasteiger partial charge is 0.494 e. The lowest BCUT2D eigenvalue weighted by Gasteiger charge is -2.20. The predicted octanol–water partition coefficient (Wildman–Crippen LogP) is 3.19. The summed E-state index contributed by atoms with van der Waals surface area (Å²) in [6, 6.07) is 11.9. The van der Waals surface area contributed by atoms with Crippen molar-refractivity contribution in [3.05, 3.63) is 60.1 Å². The van der Waals surface area contributed by atoms with Crippen molar-refractivity contribution in [3.8, 4) is 5.75 Å². The number of aliphatic hydroxyl groups is 1. The van der Waals surface area contributed by atoms with E-state index in [1.54, 1.807) is 6.26 Å². The molecule has 0 amide bonds. The highest BCUT2D eigenvalue weighted by atomic mass is 16.5.